The van der Waals surface area contributed by atoms with Crippen LogP contribution in [0.2, 0.25) is 0 Å². The van der Waals surface area contributed by atoms with Crippen LogP contribution in [0.4, 0.5) is 5.69 Å². The number of benzene rings is 1. The summed E-state index contributed by atoms with van der Waals surface area (Å²) in [5.41, 5.74) is 11.6. The number of ether oxygens (including phenoxy) is 1. The number of pyridine rings is 1. The van der Waals surface area contributed by atoms with Crippen LogP contribution in [0.1, 0.15) is 10.4 Å². The Morgan fingerprint density at radius 2 is 1.82 bits per heavy atom. The van der Waals surface area contributed by atoms with Crippen LogP contribution in [-0.2, 0) is 0 Å². The highest BCUT2D eigenvalue weighted by molar-refractivity contribution is 5.92. The van der Waals surface area contributed by atoms with Crippen LogP contribution >= 0.6 is 0 Å². The fourth-order valence-corrected chi connectivity index (χ4v) is 1.26. The topological polar surface area (TPSA) is 91.2 Å². The Morgan fingerprint density at radius 3 is 2.35 bits per heavy atom. The summed E-state index contributed by atoms with van der Waals surface area (Å²) in [4.78, 5) is 14.9. The first-order valence-corrected chi connectivity index (χ1v) is 4.94. The molecule has 0 atom stereocenters. The standard InChI is InChI=1S/C12H11N3O2/c13-9-3-6-11(15-7-9)17-10-4-1-8(2-5-10)12(14)16/h1-7H,13H2,(H2,14,16). The summed E-state index contributed by atoms with van der Waals surface area (Å²) in [5, 5.41) is 0. The molecule has 0 unspecified atom stereocenters. The van der Waals surface area contributed by atoms with Crippen molar-refractivity contribution in [1.82, 2.24) is 4.98 Å². The molecule has 2 rings (SSSR count). The Bertz CT molecular complexity index is 520. The van der Waals surface area contributed by atoms with Crippen LogP contribution < -0.4 is 16.2 Å². The summed E-state index contributed by atoms with van der Waals surface area (Å²) in [6.45, 7) is 0. The normalized spacial score (nSPS) is 9.88. The molecule has 2 aromatic rings. The number of carbonyl (C=O) groups is 1. The predicted octanol–water partition coefficient (Wildman–Crippen LogP) is 1.55. The van der Waals surface area contributed by atoms with E-state index in [0.717, 1.165) is 0 Å². The van der Waals surface area contributed by atoms with E-state index in [-0.39, 0.29) is 0 Å². The summed E-state index contributed by atoms with van der Waals surface area (Å²) >= 11 is 0. The van der Waals surface area contributed by atoms with Gasteiger partial charge < -0.3 is 16.2 Å². The zero-order valence-corrected chi connectivity index (χ0v) is 8.96. The van der Waals surface area contributed by atoms with Crippen LogP contribution in [0.15, 0.2) is 42.6 Å². The van der Waals surface area contributed by atoms with Gasteiger partial charge in [-0.05, 0) is 30.3 Å². The van der Waals surface area contributed by atoms with Crippen LogP contribution in [0.5, 0.6) is 11.6 Å². The highest BCUT2D eigenvalue weighted by Gasteiger charge is 2.01. The van der Waals surface area contributed by atoms with E-state index in [1.54, 1.807) is 36.4 Å². The quantitative estimate of drug-likeness (QED) is 0.835. The van der Waals surface area contributed by atoms with E-state index in [1.165, 1.54) is 6.20 Å². The van der Waals surface area contributed by atoms with E-state index < -0.39 is 5.91 Å². The first kappa shape index (κ1) is 10.9. The molecule has 17 heavy (non-hydrogen) atoms. The largest absolute Gasteiger partial charge is 0.439 e. The third kappa shape index (κ3) is 2.72. The fourth-order valence-electron chi connectivity index (χ4n) is 1.26. The Morgan fingerprint density at radius 1 is 1.12 bits per heavy atom. The lowest BCUT2D eigenvalue weighted by Gasteiger charge is -2.04. The zero-order valence-electron chi connectivity index (χ0n) is 8.96. The van der Waals surface area contributed by atoms with Crippen molar-refractivity contribution in [2.24, 2.45) is 5.73 Å². The summed E-state index contributed by atoms with van der Waals surface area (Å²) < 4.78 is 5.45. The minimum absolute atomic E-state index is 0.433. The van der Waals surface area contributed by atoms with E-state index in [9.17, 15) is 4.79 Å². The molecule has 1 aromatic carbocycles. The molecule has 1 amide bonds. The van der Waals surface area contributed by atoms with E-state index in [1.807, 2.05) is 0 Å². The SMILES string of the molecule is NC(=O)c1ccc(Oc2ccc(N)cn2)cc1. The lowest BCUT2D eigenvalue weighted by Crippen LogP contribution is -2.10. The molecule has 0 aliphatic heterocycles. The fraction of sp³-hybridized carbons (Fsp3) is 0. The number of nitrogen functional groups attached to an aromatic ring is 1. The Kier molecular flexibility index (Phi) is 2.91. The number of amides is 1. The third-order valence-corrected chi connectivity index (χ3v) is 2.12. The number of aromatic nitrogens is 1. The number of hydrogen-bond donors (Lipinski definition) is 2. The maximum absolute atomic E-state index is 10.9. The van der Waals surface area contributed by atoms with Crippen LogP contribution in [0, 0.1) is 0 Å². The Balaban J connectivity index is 2.13. The molecular formula is C12H11N3O2. The maximum atomic E-state index is 10.9. The molecule has 0 spiro atoms. The molecule has 5 heteroatoms. The van der Waals surface area contributed by atoms with Crippen molar-refractivity contribution in [2.45, 2.75) is 0 Å². The number of anilines is 1. The average molecular weight is 229 g/mol. The molecule has 0 aliphatic carbocycles. The highest BCUT2D eigenvalue weighted by Crippen LogP contribution is 2.19. The summed E-state index contributed by atoms with van der Waals surface area (Å²) in [7, 11) is 0. The van der Waals surface area contributed by atoms with Gasteiger partial charge in [-0.25, -0.2) is 4.98 Å². The number of carbonyl (C=O) groups excluding carboxylic acids is 1. The van der Waals surface area contributed by atoms with E-state index in [2.05, 4.69) is 4.98 Å². The van der Waals surface area contributed by atoms with E-state index >= 15 is 0 Å². The van der Waals surface area contributed by atoms with E-state index in [4.69, 9.17) is 16.2 Å². The van der Waals surface area contributed by atoms with Crippen LogP contribution in [0.3, 0.4) is 0 Å². The van der Waals surface area contributed by atoms with Gasteiger partial charge in [-0.1, -0.05) is 0 Å². The summed E-state index contributed by atoms with van der Waals surface area (Å²) in [6, 6.07) is 9.84. The number of nitrogens with two attached hydrogens (primary N) is 2. The molecule has 0 radical (unpaired) electrons. The highest BCUT2D eigenvalue weighted by atomic mass is 16.5. The van der Waals surface area contributed by atoms with Crippen molar-refractivity contribution in [1.29, 1.82) is 0 Å². The van der Waals surface area contributed by atoms with Crippen molar-refractivity contribution >= 4 is 11.6 Å². The average Bonchev–Trinajstić information content (AvgIpc) is 2.33. The van der Waals surface area contributed by atoms with Gasteiger partial charge in [-0.3, -0.25) is 4.79 Å². The smallest absolute Gasteiger partial charge is 0.248 e. The Hall–Kier alpha value is -2.56. The molecular weight excluding hydrogens is 218 g/mol. The van der Waals surface area contributed by atoms with Gasteiger partial charge in [0, 0.05) is 11.6 Å². The maximum Gasteiger partial charge on any atom is 0.248 e. The van der Waals surface area contributed by atoms with Crippen molar-refractivity contribution < 1.29 is 9.53 Å². The van der Waals surface area contributed by atoms with Gasteiger partial charge in [0.1, 0.15) is 5.75 Å². The summed E-state index contributed by atoms with van der Waals surface area (Å²) in [6.07, 6.45) is 1.51. The molecule has 86 valence electrons. The van der Waals surface area contributed by atoms with Crippen molar-refractivity contribution in [3.63, 3.8) is 0 Å². The number of primary amides is 1. The minimum Gasteiger partial charge on any atom is -0.439 e. The monoisotopic (exact) mass is 229 g/mol. The molecule has 1 heterocycles. The lowest BCUT2D eigenvalue weighted by atomic mass is 10.2. The third-order valence-electron chi connectivity index (χ3n) is 2.12. The number of nitrogens with zero attached hydrogens (tertiary/aromatic N) is 1. The van der Waals surface area contributed by atoms with Crippen molar-refractivity contribution in [3.8, 4) is 11.6 Å². The molecule has 4 N–H and O–H groups in total. The predicted molar refractivity (Wildman–Crippen MR) is 63.7 cm³/mol. The van der Waals surface area contributed by atoms with Gasteiger partial charge >= 0.3 is 0 Å². The van der Waals surface area contributed by atoms with Gasteiger partial charge in [0.15, 0.2) is 0 Å². The van der Waals surface area contributed by atoms with E-state index in [0.29, 0.717) is 22.9 Å². The van der Waals surface area contributed by atoms with Gasteiger partial charge in [0.2, 0.25) is 11.8 Å². The number of rotatable bonds is 3. The van der Waals surface area contributed by atoms with Gasteiger partial charge in [-0.2, -0.15) is 0 Å². The molecule has 0 aliphatic rings. The zero-order chi connectivity index (χ0) is 12.3. The minimum atomic E-state index is -0.470. The van der Waals surface area contributed by atoms with Crippen molar-refractivity contribution in [2.75, 3.05) is 5.73 Å². The van der Waals surface area contributed by atoms with Crippen LogP contribution in [0.25, 0.3) is 0 Å². The first-order valence-electron chi connectivity index (χ1n) is 4.94. The van der Waals surface area contributed by atoms with Crippen molar-refractivity contribution in [3.05, 3.63) is 48.2 Å². The molecule has 0 fully saturated rings. The summed E-state index contributed by atoms with van der Waals surface area (Å²) in [5.74, 6) is 0.542. The number of hydrogen-bond acceptors (Lipinski definition) is 4. The van der Waals surface area contributed by atoms with Crippen LogP contribution in [-0.4, -0.2) is 10.9 Å². The molecule has 0 bridgehead atoms. The van der Waals surface area contributed by atoms with Gasteiger partial charge in [-0.15, -0.1) is 0 Å². The second-order valence-corrected chi connectivity index (χ2v) is 3.42. The lowest BCUT2D eigenvalue weighted by molar-refractivity contribution is 0.100. The molecule has 0 saturated heterocycles. The second-order valence-electron chi connectivity index (χ2n) is 3.42. The second kappa shape index (κ2) is 4.52. The first-order chi connectivity index (χ1) is 8.15. The molecule has 0 saturated carbocycles. The Labute approximate surface area is 98.0 Å². The molecule has 1 aromatic heterocycles. The van der Waals surface area contributed by atoms with Gasteiger partial charge in [0.05, 0.1) is 11.9 Å². The molecule has 5 nitrogen and oxygen atoms in total. The van der Waals surface area contributed by atoms with Gasteiger partial charge in [0.25, 0.3) is 0 Å².